The second-order valence-corrected chi connectivity index (χ2v) is 5.65. The van der Waals surface area contributed by atoms with Crippen molar-refractivity contribution >= 4 is 10.9 Å². The van der Waals surface area contributed by atoms with Crippen LogP contribution < -0.4 is 0 Å². The topological polar surface area (TPSA) is 15.8 Å². The van der Waals surface area contributed by atoms with Crippen molar-refractivity contribution in [3.05, 3.63) is 84.4 Å². The van der Waals surface area contributed by atoms with E-state index < -0.39 is 0 Å². The van der Waals surface area contributed by atoms with Crippen molar-refractivity contribution in [2.24, 2.45) is 0 Å². The Balaban J connectivity index is 2.04. The van der Waals surface area contributed by atoms with Gasteiger partial charge in [0.15, 0.2) is 0 Å². The number of fused-ring (bicyclic) bond motifs is 1. The Kier molecular flexibility index (Phi) is 3.05. The summed E-state index contributed by atoms with van der Waals surface area (Å²) in [5.74, 6) is 0. The zero-order valence-corrected chi connectivity index (χ0v) is 12.5. The van der Waals surface area contributed by atoms with Crippen molar-refractivity contribution in [1.29, 1.82) is 0 Å². The summed E-state index contributed by atoms with van der Waals surface area (Å²) >= 11 is 0. The molecule has 1 heterocycles. The predicted octanol–water partition coefficient (Wildman–Crippen LogP) is 5.81. The van der Waals surface area contributed by atoms with Crippen molar-refractivity contribution in [3.63, 3.8) is 0 Å². The maximum atomic E-state index is 3.59. The highest BCUT2D eigenvalue weighted by Gasteiger charge is 2.14. The molecule has 1 heteroatoms. The quantitative estimate of drug-likeness (QED) is 0.478. The molecule has 4 aromatic rings. The Labute approximate surface area is 130 Å². The number of hydrogen-bond donors (Lipinski definition) is 1. The zero-order chi connectivity index (χ0) is 14.9. The fraction of sp³-hybridized carbons (Fsp3) is 0.0476. The Morgan fingerprint density at radius 2 is 1.32 bits per heavy atom. The molecule has 0 unspecified atom stereocenters. The van der Waals surface area contributed by atoms with Gasteiger partial charge in [0, 0.05) is 16.5 Å². The molecule has 0 bridgehead atoms. The summed E-state index contributed by atoms with van der Waals surface area (Å²) in [7, 11) is 0. The Hall–Kier alpha value is -2.80. The second-order valence-electron chi connectivity index (χ2n) is 5.65. The average Bonchev–Trinajstić information content (AvgIpc) is 2.96. The molecule has 1 aromatic heterocycles. The van der Waals surface area contributed by atoms with Gasteiger partial charge in [0.25, 0.3) is 0 Å². The number of H-pyrrole nitrogens is 1. The van der Waals surface area contributed by atoms with Crippen LogP contribution in [0.3, 0.4) is 0 Å². The first kappa shape index (κ1) is 12.9. The molecule has 0 saturated carbocycles. The number of aromatic amines is 1. The monoisotopic (exact) mass is 283 g/mol. The van der Waals surface area contributed by atoms with Gasteiger partial charge >= 0.3 is 0 Å². The molecular formula is C21H17N. The Morgan fingerprint density at radius 3 is 2.09 bits per heavy atom. The highest BCUT2D eigenvalue weighted by Crippen LogP contribution is 2.38. The van der Waals surface area contributed by atoms with E-state index in [1.807, 2.05) is 0 Å². The van der Waals surface area contributed by atoms with Crippen LogP contribution in [-0.4, -0.2) is 4.98 Å². The van der Waals surface area contributed by atoms with Gasteiger partial charge in [0.1, 0.15) is 0 Å². The summed E-state index contributed by atoms with van der Waals surface area (Å²) in [6.07, 6.45) is 0. The summed E-state index contributed by atoms with van der Waals surface area (Å²) in [5, 5.41) is 1.27. The molecule has 0 spiro atoms. The van der Waals surface area contributed by atoms with E-state index in [1.54, 1.807) is 0 Å². The first-order valence-corrected chi connectivity index (χ1v) is 7.56. The van der Waals surface area contributed by atoms with Crippen LogP contribution in [0.5, 0.6) is 0 Å². The first-order valence-electron chi connectivity index (χ1n) is 7.56. The van der Waals surface area contributed by atoms with Crippen LogP contribution in [0.2, 0.25) is 0 Å². The molecule has 0 aliphatic rings. The van der Waals surface area contributed by atoms with Gasteiger partial charge in [-0.25, -0.2) is 0 Å². The van der Waals surface area contributed by atoms with E-state index in [1.165, 1.54) is 38.9 Å². The normalized spacial score (nSPS) is 11.0. The summed E-state index contributed by atoms with van der Waals surface area (Å²) in [5.41, 5.74) is 7.39. The summed E-state index contributed by atoms with van der Waals surface area (Å²) in [6, 6.07) is 27.8. The van der Waals surface area contributed by atoms with Gasteiger partial charge in [-0.3, -0.25) is 0 Å². The minimum atomic E-state index is 1.18. The molecule has 0 aliphatic heterocycles. The van der Waals surface area contributed by atoms with E-state index in [0.717, 1.165) is 0 Å². The molecule has 0 amide bonds. The smallest absolute Gasteiger partial charge is 0.0544 e. The molecule has 22 heavy (non-hydrogen) atoms. The fourth-order valence-corrected chi connectivity index (χ4v) is 2.98. The lowest BCUT2D eigenvalue weighted by Crippen LogP contribution is -1.83. The van der Waals surface area contributed by atoms with Gasteiger partial charge in [0.05, 0.1) is 5.69 Å². The van der Waals surface area contributed by atoms with Crippen LogP contribution in [-0.2, 0) is 0 Å². The standard InChI is InChI=1S/C21H17N/c1-15-11-13-16(14-12-15)20-18-9-5-6-10-19(18)22-21(20)17-7-3-2-4-8-17/h2-14,22H,1H3. The van der Waals surface area contributed by atoms with Gasteiger partial charge in [-0.05, 0) is 24.1 Å². The molecule has 1 nitrogen and oxygen atoms in total. The Morgan fingerprint density at radius 1 is 0.636 bits per heavy atom. The van der Waals surface area contributed by atoms with Crippen LogP contribution in [0.4, 0.5) is 0 Å². The largest absolute Gasteiger partial charge is 0.354 e. The van der Waals surface area contributed by atoms with E-state index >= 15 is 0 Å². The van der Waals surface area contributed by atoms with E-state index in [-0.39, 0.29) is 0 Å². The molecule has 0 saturated heterocycles. The minimum Gasteiger partial charge on any atom is -0.354 e. The maximum Gasteiger partial charge on any atom is 0.0544 e. The van der Waals surface area contributed by atoms with Crippen LogP contribution in [0.1, 0.15) is 5.56 Å². The van der Waals surface area contributed by atoms with Gasteiger partial charge < -0.3 is 4.98 Å². The molecule has 3 aromatic carbocycles. The van der Waals surface area contributed by atoms with Crippen LogP contribution >= 0.6 is 0 Å². The third-order valence-electron chi connectivity index (χ3n) is 4.11. The first-order chi connectivity index (χ1) is 10.8. The third kappa shape index (κ3) is 2.11. The average molecular weight is 283 g/mol. The Bertz CT molecular complexity index is 915. The minimum absolute atomic E-state index is 1.18. The maximum absolute atomic E-state index is 3.59. The summed E-state index contributed by atoms with van der Waals surface area (Å²) in [4.78, 5) is 3.59. The zero-order valence-electron chi connectivity index (χ0n) is 12.5. The lowest BCUT2D eigenvalue weighted by molar-refractivity contribution is 1.44. The van der Waals surface area contributed by atoms with Crippen molar-refractivity contribution in [1.82, 2.24) is 4.98 Å². The SMILES string of the molecule is Cc1ccc(-c2c(-c3ccccc3)[nH]c3ccccc23)cc1. The number of para-hydroxylation sites is 1. The van der Waals surface area contributed by atoms with E-state index in [2.05, 4.69) is 90.8 Å². The molecule has 0 aliphatic carbocycles. The van der Waals surface area contributed by atoms with E-state index in [4.69, 9.17) is 0 Å². The highest BCUT2D eigenvalue weighted by atomic mass is 14.7. The number of rotatable bonds is 2. The molecule has 0 radical (unpaired) electrons. The van der Waals surface area contributed by atoms with E-state index in [0.29, 0.717) is 0 Å². The van der Waals surface area contributed by atoms with E-state index in [9.17, 15) is 0 Å². The van der Waals surface area contributed by atoms with Crippen molar-refractivity contribution < 1.29 is 0 Å². The summed E-state index contributed by atoms with van der Waals surface area (Å²) < 4.78 is 0. The van der Waals surface area contributed by atoms with Gasteiger partial charge in [0.2, 0.25) is 0 Å². The van der Waals surface area contributed by atoms with Crippen molar-refractivity contribution in [2.75, 3.05) is 0 Å². The molecule has 106 valence electrons. The number of benzene rings is 3. The summed E-state index contributed by atoms with van der Waals surface area (Å²) in [6.45, 7) is 2.12. The van der Waals surface area contributed by atoms with Gasteiger partial charge in [-0.15, -0.1) is 0 Å². The molecule has 1 N–H and O–H groups in total. The van der Waals surface area contributed by atoms with Crippen molar-refractivity contribution in [3.8, 4) is 22.4 Å². The van der Waals surface area contributed by atoms with Gasteiger partial charge in [-0.2, -0.15) is 0 Å². The van der Waals surface area contributed by atoms with Crippen LogP contribution in [0.15, 0.2) is 78.9 Å². The number of aromatic nitrogens is 1. The van der Waals surface area contributed by atoms with Crippen LogP contribution in [0, 0.1) is 6.92 Å². The molecule has 0 fully saturated rings. The predicted molar refractivity (Wildman–Crippen MR) is 93.9 cm³/mol. The van der Waals surface area contributed by atoms with Crippen molar-refractivity contribution in [2.45, 2.75) is 6.92 Å². The molecular weight excluding hydrogens is 266 g/mol. The highest BCUT2D eigenvalue weighted by molar-refractivity contribution is 6.03. The third-order valence-corrected chi connectivity index (χ3v) is 4.11. The van der Waals surface area contributed by atoms with Crippen LogP contribution in [0.25, 0.3) is 33.3 Å². The number of aryl methyl sites for hydroxylation is 1. The molecule has 0 atom stereocenters. The van der Waals surface area contributed by atoms with Gasteiger partial charge in [-0.1, -0.05) is 78.4 Å². The molecule has 4 rings (SSSR count). The number of hydrogen-bond acceptors (Lipinski definition) is 0. The lowest BCUT2D eigenvalue weighted by atomic mass is 9.98. The number of nitrogens with one attached hydrogen (secondary N) is 1. The lowest BCUT2D eigenvalue weighted by Gasteiger charge is -2.06. The second kappa shape index (κ2) is 5.19. The fourth-order valence-electron chi connectivity index (χ4n) is 2.98.